The van der Waals surface area contributed by atoms with Crippen LogP contribution in [0.15, 0.2) is 18.2 Å². The van der Waals surface area contributed by atoms with Crippen molar-refractivity contribution in [2.45, 2.75) is 26.3 Å². The summed E-state index contributed by atoms with van der Waals surface area (Å²) in [6, 6.07) is 5.73. The van der Waals surface area contributed by atoms with Crippen molar-refractivity contribution in [1.82, 2.24) is 0 Å². The van der Waals surface area contributed by atoms with E-state index < -0.39 is 0 Å². The molecule has 0 saturated carbocycles. The van der Waals surface area contributed by atoms with E-state index in [1.807, 2.05) is 25.2 Å². The van der Waals surface area contributed by atoms with E-state index in [0.717, 1.165) is 5.69 Å². The fraction of sp³-hybridized carbons (Fsp3) is 0.455. The predicted octanol–water partition coefficient (Wildman–Crippen LogP) is 2.09. The first-order valence-corrected chi connectivity index (χ1v) is 4.71. The third-order valence-electron chi connectivity index (χ3n) is 2.46. The number of nitrogens with two attached hydrogens (primary N) is 2. The maximum absolute atomic E-state index is 5.75. The maximum Gasteiger partial charge on any atom is 0.0568 e. The molecule has 0 bridgehead atoms. The lowest BCUT2D eigenvalue weighted by molar-refractivity contribution is 0.539. The van der Waals surface area contributed by atoms with Gasteiger partial charge in [-0.3, -0.25) is 0 Å². The Labute approximate surface area is 85.7 Å². The molecule has 0 heterocycles. The topological polar surface area (TPSA) is 55.3 Å². The zero-order valence-corrected chi connectivity index (χ0v) is 9.33. The maximum atomic E-state index is 5.75. The van der Waals surface area contributed by atoms with Crippen LogP contribution < -0.4 is 16.4 Å². The molecule has 0 aliphatic carbocycles. The second-order valence-corrected chi connectivity index (χ2v) is 4.54. The largest absolute Gasteiger partial charge is 0.397 e. The summed E-state index contributed by atoms with van der Waals surface area (Å²) in [5.41, 5.74) is 13.9. The smallest absolute Gasteiger partial charge is 0.0568 e. The molecule has 78 valence electrons. The molecule has 4 N–H and O–H groups in total. The lowest BCUT2D eigenvalue weighted by Gasteiger charge is -2.34. The van der Waals surface area contributed by atoms with Crippen molar-refractivity contribution >= 4 is 17.1 Å². The number of nitrogens with zero attached hydrogens (tertiary/aromatic N) is 1. The van der Waals surface area contributed by atoms with Gasteiger partial charge in [0.1, 0.15) is 0 Å². The van der Waals surface area contributed by atoms with Crippen LogP contribution in [0.1, 0.15) is 20.8 Å². The molecule has 0 aliphatic heterocycles. The summed E-state index contributed by atoms with van der Waals surface area (Å²) in [5, 5.41) is 0. The SMILES string of the molecule is CN(c1ccc(N)c(N)c1)C(C)(C)C. The van der Waals surface area contributed by atoms with Crippen molar-refractivity contribution in [2.24, 2.45) is 0 Å². The van der Waals surface area contributed by atoms with Crippen LogP contribution in [0.4, 0.5) is 17.1 Å². The van der Waals surface area contributed by atoms with Crippen molar-refractivity contribution in [1.29, 1.82) is 0 Å². The number of nitrogen functional groups attached to an aromatic ring is 2. The van der Waals surface area contributed by atoms with Gasteiger partial charge in [0, 0.05) is 18.3 Å². The molecule has 0 spiro atoms. The Balaban J connectivity index is 3.03. The van der Waals surface area contributed by atoms with E-state index in [1.165, 1.54) is 0 Å². The second-order valence-electron chi connectivity index (χ2n) is 4.54. The van der Waals surface area contributed by atoms with Gasteiger partial charge in [-0.2, -0.15) is 0 Å². The first kappa shape index (κ1) is 10.7. The molecule has 0 atom stereocenters. The van der Waals surface area contributed by atoms with Gasteiger partial charge in [0.05, 0.1) is 11.4 Å². The van der Waals surface area contributed by atoms with Crippen molar-refractivity contribution in [3.63, 3.8) is 0 Å². The normalized spacial score (nSPS) is 11.4. The van der Waals surface area contributed by atoms with E-state index in [4.69, 9.17) is 11.5 Å². The summed E-state index contributed by atoms with van der Waals surface area (Å²) < 4.78 is 0. The van der Waals surface area contributed by atoms with Gasteiger partial charge in [-0.25, -0.2) is 0 Å². The van der Waals surface area contributed by atoms with Crippen LogP contribution in [0.3, 0.4) is 0 Å². The highest BCUT2D eigenvalue weighted by Crippen LogP contribution is 2.26. The van der Waals surface area contributed by atoms with Gasteiger partial charge < -0.3 is 16.4 Å². The quantitative estimate of drug-likeness (QED) is 0.671. The van der Waals surface area contributed by atoms with E-state index in [0.29, 0.717) is 11.4 Å². The van der Waals surface area contributed by atoms with Crippen molar-refractivity contribution in [2.75, 3.05) is 23.4 Å². The van der Waals surface area contributed by atoms with Crippen molar-refractivity contribution in [3.8, 4) is 0 Å². The lowest BCUT2D eigenvalue weighted by atomic mass is 10.1. The Bertz CT molecular complexity index is 326. The number of benzene rings is 1. The molecular weight excluding hydrogens is 174 g/mol. The lowest BCUT2D eigenvalue weighted by Crippen LogP contribution is -2.38. The van der Waals surface area contributed by atoms with E-state index in [9.17, 15) is 0 Å². The minimum absolute atomic E-state index is 0.0859. The van der Waals surface area contributed by atoms with Crippen molar-refractivity contribution in [3.05, 3.63) is 18.2 Å². The van der Waals surface area contributed by atoms with Gasteiger partial charge in [0.25, 0.3) is 0 Å². The molecule has 0 radical (unpaired) electrons. The Morgan fingerprint density at radius 2 is 1.64 bits per heavy atom. The standard InChI is InChI=1S/C11H19N3/c1-11(2,3)14(4)8-5-6-9(12)10(13)7-8/h5-7H,12-13H2,1-4H3. The Kier molecular flexibility index (Phi) is 2.60. The van der Waals surface area contributed by atoms with Gasteiger partial charge in [0.15, 0.2) is 0 Å². The van der Waals surface area contributed by atoms with E-state index >= 15 is 0 Å². The minimum Gasteiger partial charge on any atom is -0.397 e. The molecule has 3 nitrogen and oxygen atoms in total. The van der Waals surface area contributed by atoms with Gasteiger partial charge in [0.2, 0.25) is 0 Å². The molecule has 0 amide bonds. The number of hydrogen-bond donors (Lipinski definition) is 2. The minimum atomic E-state index is 0.0859. The summed E-state index contributed by atoms with van der Waals surface area (Å²) in [6.07, 6.45) is 0. The summed E-state index contributed by atoms with van der Waals surface area (Å²) in [7, 11) is 2.05. The molecule has 0 fully saturated rings. The fourth-order valence-electron chi connectivity index (χ4n) is 1.16. The number of rotatable bonds is 1. The first-order valence-electron chi connectivity index (χ1n) is 4.71. The summed E-state index contributed by atoms with van der Waals surface area (Å²) in [4.78, 5) is 2.17. The Morgan fingerprint density at radius 3 is 2.07 bits per heavy atom. The summed E-state index contributed by atoms with van der Waals surface area (Å²) in [5.74, 6) is 0. The molecule has 1 aromatic rings. The monoisotopic (exact) mass is 193 g/mol. The van der Waals surface area contributed by atoms with Crippen LogP contribution in [-0.2, 0) is 0 Å². The van der Waals surface area contributed by atoms with E-state index in [1.54, 1.807) is 0 Å². The Morgan fingerprint density at radius 1 is 1.07 bits per heavy atom. The molecule has 0 saturated heterocycles. The molecular formula is C11H19N3. The Hall–Kier alpha value is -1.38. The average Bonchev–Trinajstić information content (AvgIpc) is 2.07. The molecule has 0 unspecified atom stereocenters. The van der Waals surface area contributed by atoms with E-state index in [-0.39, 0.29) is 5.54 Å². The molecule has 0 aliphatic rings. The molecule has 1 aromatic carbocycles. The van der Waals surface area contributed by atoms with Gasteiger partial charge in [-0.05, 0) is 39.0 Å². The third-order valence-corrected chi connectivity index (χ3v) is 2.46. The fourth-order valence-corrected chi connectivity index (χ4v) is 1.16. The van der Waals surface area contributed by atoms with Gasteiger partial charge in [-0.15, -0.1) is 0 Å². The predicted molar refractivity (Wildman–Crippen MR) is 63.4 cm³/mol. The third kappa shape index (κ3) is 2.10. The second kappa shape index (κ2) is 3.40. The van der Waals surface area contributed by atoms with Gasteiger partial charge in [-0.1, -0.05) is 0 Å². The van der Waals surface area contributed by atoms with Crippen LogP contribution in [0, 0.1) is 0 Å². The molecule has 0 aromatic heterocycles. The summed E-state index contributed by atoms with van der Waals surface area (Å²) in [6.45, 7) is 6.46. The van der Waals surface area contributed by atoms with Crippen LogP contribution in [-0.4, -0.2) is 12.6 Å². The van der Waals surface area contributed by atoms with Crippen LogP contribution in [0.2, 0.25) is 0 Å². The van der Waals surface area contributed by atoms with Gasteiger partial charge >= 0.3 is 0 Å². The zero-order valence-electron chi connectivity index (χ0n) is 9.33. The molecule has 14 heavy (non-hydrogen) atoms. The average molecular weight is 193 g/mol. The number of anilines is 3. The highest BCUT2D eigenvalue weighted by Gasteiger charge is 2.17. The van der Waals surface area contributed by atoms with E-state index in [2.05, 4.69) is 25.7 Å². The van der Waals surface area contributed by atoms with Crippen LogP contribution in [0.5, 0.6) is 0 Å². The van der Waals surface area contributed by atoms with Crippen LogP contribution in [0.25, 0.3) is 0 Å². The number of hydrogen-bond acceptors (Lipinski definition) is 3. The highest BCUT2D eigenvalue weighted by molar-refractivity contribution is 5.70. The highest BCUT2D eigenvalue weighted by atomic mass is 15.2. The zero-order chi connectivity index (χ0) is 10.9. The summed E-state index contributed by atoms with van der Waals surface area (Å²) >= 11 is 0. The van der Waals surface area contributed by atoms with Crippen molar-refractivity contribution < 1.29 is 0 Å². The molecule has 1 rings (SSSR count). The first-order chi connectivity index (χ1) is 6.32. The molecule has 3 heteroatoms. The van der Waals surface area contributed by atoms with Crippen LogP contribution >= 0.6 is 0 Å².